The van der Waals surface area contributed by atoms with Crippen molar-refractivity contribution >= 4 is 34.5 Å². The molecule has 1 unspecified atom stereocenters. The molecule has 2 fully saturated rings. The second kappa shape index (κ2) is 8.93. The number of likely N-dealkylation sites (tertiary alicyclic amines) is 1. The summed E-state index contributed by atoms with van der Waals surface area (Å²) in [5.41, 5.74) is 1.98. The molecule has 160 valence electrons. The van der Waals surface area contributed by atoms with Gasteiger partial charge < -0.3 is 10.2 Å². The Labute approximate surface area is 190 Å². The number of thiophene rings is 1. The summed E-state index contributed by atoms with van der Waals surface area (Å²) in [6, 6.07) is 14.5. The summed E-state index contributed by atoms with van der Waals surface area (Å²) < 4.78 is 0. The molecule has 2 aliphatic rings. The Kier molecular flexibility index (Phi) is 5.87. The number of rotatable bonds is 6. The monoisotopic (exact) mass is 451 g/mol. The Bertz CT molecular complexity index is 1060. The third-order valence-corrected chi connectivity index (χ3v) is 7.83. The minimum Gasteiger partial charge on any atom is -0.353 e. The van der Waals surface area contributed by atoms with Gasteiger partial charge in [-0.1, -0.05) is 36.4 Å². The lowest BCUT2D eigenvalue weighted by Crippen LogP contribution is -2.46. The van der Waals surface area contributed by atoms with Gasteiger partial charge in [-0.2, -0.15) is 0 Å². The van der Waals surface area contributed by atoms with Crippen LogP contribution >= 0.6 is 22.7 Å². The maximum Gasteiger partial charge on any atom is 0.227 e. The van der Waals surface area contributed by atoms with Gasteiger partial charge in [-0.15, -0.1) is 22.7 Å². The topological polar surface area (TPSA) is 62.3 Å². The van der Waals surface area contributed by atoms with Crippen molar-refractivity contribution in [2.45, 2.75) is 38.1 Å². The van der Waals surface area contributed by atoms with Gasteiger partial charge in [0.05, 0.1) is 22.9 Å². The highest BCUT2D eigenvalue weighted by Crippen LogP contribution is 2.36. The molecule has 1 saturated carbocycles. The summed E-state index contributed by atoms with van der Waals surface area (Å²) in [4.78, 5) is 34.6. The molecule has 3 heterocycles. The number of amides is 2. The molecule has 2 amide bonds. The number of hydrogen-bond donors (Lipinski definition) is 1. The van der Waals surface area contributed by atoms with E-state index in [1.807, 2.05) is 34.5 Å². The number of nitrogens with one attached hydrogen (secondary N) is 1. The highest BCUT2D eigenvalue weighted by atomic mass is 32.1. The van der Waals surface area contributed by atoms with Gasteiger partial charge in [-0.05, 0) is 37.1 Å². The predicted molar refractivity (Wildman–Crippen MR) is 125 cm³/mol. The Morgan fingerprint density at radius 3 is 2.68 bits per heavy atom. The molecule has 5 nitrogen and oxygen atoms in total. The van der Waals surface area contributed by atoms with Gasteiger partial charge in [-0.25, -0.2) is 4.98 Å². The Morgan fingerprint density at radius 1 is 1.10 bits per heavy atom. The van der Waals surface area contributed by atoms with Crippen LogP contribution in [0.2, 0.25) is 0 Å². The number of hydrogen-bond acceptors (Lipinski definition) is 5. The summed E-state index contributed by atoms with van der Waals surface area (Å²) in [5, 5.41) is 6.07. The molecule has 0 bridgehead atoms. The zero-order valence-corrected chi connectivity index (χ0v) is 18.9. The zero-order valence-electron chi connectivity index (χ0n) is 17.3. The average molecular weight is 452 g/mol. The van der Waals surface area contributed by atoms with Crippen LogP contribution in [0.4, 0.5) is 0 Å². The molecule has 31 heavy (non-hydrogen) atoms. The Balaban J connectivity index is 1.34. The fourth-order valence-corrected chi connectivity index (χ4v) is 5.87. The van der Waals surface area contributed by atoms with Gasteiger partial charge in [0.2, 0.25) is 11.8 Å². The Morgan fingerprint density at radius 2 is 1.94 bits per heavy atom. The van der Waals surface area contributed by atoms with Crippen LogP contribution in [0.3, 0.4) is 0 Å². The van der Waals surface area contributed by atoms with Crippen LogP contribution in [0.25, 0.3) is 21.1 Å². The minimum atomic E-state index is -0.0867. The molecule has 1 aliphatic carbocycles. The molecular formula is C24H25N3O2S2. The maximum atomic E-state index is 13.2. The standard InChI is InChI=1S/C24H25N3O2S2/c28-21(27-12-4-8-17(15-27)23(29)25-18-10-11-18)14-20-22(19-9-5-13-30-19)26-24(31-20)16-6-2-1-3-7-16/h1-3,5-7,9,13,17-18H,4,8,10-12,14-15H2,(H,25,29). The van der Waals surface area contributed by atoms with E-state index in [2.05, 4.69) is 23.5 Å². The molecule has 2 aromatic heterocycles. The predicted octanol–water partition coefficient (Wildman–Crippen LogP) is 4.60. The van der Waals surface area contributed by atoms with E-state index >= 15 is 0 Å². The van der Waals surface area contributed by atoms with Crippen molar-refractivity contribution < 1.29 is 9.59 Å². The third-order valence-electron chi connectivity index (χ3n) is 5.85. The first kappa shape index (κ1) is 20.4. The van der Waals surface area contributed by atoms with Crippen LogP contribution in [0, 0.1) is 5.92 Å². The van der Waals surface area contributed by atoms with Crippen LogP contribution in [0.5, 0.6) is 0 Å². The second-order valence-corrected chi connectivity index (χ2v) is 10.3. The lowest BCUT2D eigenvalue weighted by Gasteiger charge is -2.32. The molecule has 0 spiro atoms. The second-order valence-electron chi connectivity index (χ2n) is 8.27. The van der Waals surface area contributed by atoms with E-state index in [0.717, 1.165) is 58.2 Å². The van der Waals surface area contributed by atoms with E-state index in [1.54, 1.807) is 22.7 Å². The van der Waals surface area contributed by atoms with Gasteiger partial charge in [0, 0.05) is 29.6 Å². The van der Waals surface area contributed by atoms with Crippen molar-refractivity contribution in [1.29, 1.82) is 0 Å². The largest absolute Gasteiger partial charge is 0.353 e. The van der Waals surface area contributed by atoms with Crippen LogP contribution < -0.4 is 5.32 Å². The first-order chi connectivity index (χ1) is 15.2. The number of carbonyl (C=O) groups is 2. The van der Waals surface area contributed by atoms with Crippen LogP contribution in [-0.4, -0.2) is 40.8 Å². The van der Waals surface area contributed by atoms with Crippen molar-refractivity contribution in [3.8, 4) is 21.1 Å². The van der Waals surface area contributed by atoms with Crippen molar-refractivity contribution in [2.24, 2.45) is 5.92 Å². The molecule has 7 heteroatoms. The molecule has 5 rings (SSSR count). The third kappa shape index (κ3) is 4.72. The molecule has 1 N–H and O–H groups in total. The number of aromatic nitrogens is 1. The van der Waals surface area contributed by atoms with E-state index in [-0.39, 0.29) is 17.7 Å². The Hall–Kier alpha value is -2.51. The van der Waals surface area contributed by atoms with E-state index in [4.69, 9.17) is 4.98 Å². The first-order valence-electron chi connectivity index (χ1n) is 10.8. The van der Waals surface area contributed by atoms with E-state index in [9.17, 15) is 9.59 Å². The summed E-state index contributed by atoms with van der Waals surface area (Å²) in [6.45, 7) is 1.25. The number of piperidine rings is 1. The molecule has 1 aliphatic heterocycles. The average Bonchev–Trinajstić information content (AvgIpc) is 3.27. The van der Waals surface area contributed by atoms with Gasteiger partial charge in [0.25, 0.3) is 0 Å². The first-order valence-corrected chi connectivity index (χ1v) is 12.5. The molecular weight excluding hydrogens is 426 g/mol. The fraction of sp³-hybridized carbons (Fsp3) is 0.375. The van der Waals surface area contributed by atoms with Crippen LogP contribution in [0.15, 0.2) is 47.8 Å². The molecule has 3 aromatic rings. The molecule has 1 saturated heterocycles. The summed E-state index contributed by atoms with van der Waals surface area (Å²) in [5.74, 6) is 0.116. The zero-order chi connectivity index (χ0) is 21.2. The number of nitrogens with zero attached hydrogens (tertiary/aromatic N) is 2. The minimum absolute atomic E-state index is 0.0867. The summed E-state index contributed by atoms with van der Waals surface area (Å²) in [6.07, 6.45) is 4.24. The van der Waals surface area contributed by atoms with E-state index in [1.165, 1.54) is 0 Å². The van der Waals surface area contributed by atoms with Crippen LogP contribution in [-0.2, 0) is 16.0 Å². The highest BCUT2D eigenvalue weighted by Gasteiger charge is 2.32. The molecule has 0 radical (unpaired) electrons. The summed E-state index contributed by atoms with van der Waals surface area (Å²) >= 11 is 3.24. The van der Waals surface area contributed by atoms with Crippen molar-refractivity contribution in [3.63, 3.8) is 0 Å². The van der Waals surface area contributed by atoms with Gasteiger partial charge in [0.15, 0.2) is 0 Å². The normalized spacial score (nSPS) is 18.7. The van der Waals surface area contributed by atoms with E-state index in [0.29, 0.717) is 19.0 Å². The fourth-order valence-electron chi connectivity index (χ4n) is 4.00. The number of thiazole rings is 1. The van der Waals surface area contributed by atoms with Crippen LogP contribution in [0.1, 0.15) is 30.6 Å². The van der Waals surface area contributed by atoms with E-state index < -0.39 is 0 Å². The van der Waals surface area contributed by atoms with Gasteiger partial charge >= 0.3 is 0 Å². The lowest BCUT2D eigenvalue weighted by molar-refractivity contribution is -0.135. The lowest BCUT2D eigenvalue weighted by atomic mass is 9.96. The quantitative estimate of drug-likeness (QED) is 0.596. The van der Waals surface area contributed by atoms with Crippen molar-refractivity contribution in [2.75, 3.05) is 13.1 Å². The van der Waals surface area contributed by atoms with Crippen molar-refractivity contribution in [3.05, 3.63) is 52.7 Å². The smallest absolute Gasteiger partial charge is 0.227 e. The molecule has 1 atom stereocenters. The van der Waals surface area contributed by atoms with Gasteiger partial charge in [-0.3, -0.25) is 9.59 Å². The van der Waals surface area contributed by atoms with Gasteiger partial charge in [0.1, 0.15) is 5.01 Å². The SMILES string of the molecule is O=C(NC1CC1)C1CCCN(C(=O)Cc2sc(-c3ccccc3)nc2-c2cccs2)C1. The molecule has 1 aromatic carbocycles. The van der Waals surface area contributed by atoms with Crippen molar-refractivity contribution in [1.82, 2.24) is 15.2 Å². The number of benzene rings is 1. The number of carbonyl (C=O) groups excluding carboxylic acids is 2. The highest BCUT2D eigenvalue weighted by molar-refractivity contribution is 7.17. The maximum absolute atomic E-state index is 13.2. The summed E-state index contributed by atoms with van der Waals surface area (Å²) in [7, 11) is 0.